The zero-order valence-corrected chi connectivity index (χ0v) is 10.9. The summed E-state index contributed by atoms with van der Waals surface area (Å²) in [6.45, 7) is 0. The van der Waals surface area contributed by atoms with E-state index in [1.165, 1.54) is 11.7 Å². The molecule has 0 aliphatic carbocycles. The molecule has 4 nitrogen and oxygen atoms in total. The average Bonchev–Trinajstić information content (AvgIpc) is 2.87. The highest BCUT2D eigenvalue weighted by molar-refractivity contribution is 7.81. The Bertz CT molecular complexity index is 666. The summed E-state index contributed by atoms with van der Waals surface area (Å²) >= 11 is 5.17. The fraction of sp³-hybridized carbons (Fsp3) is 0. The van der Waals surface area contributed by atoms with Gasteiger partial charge in [0.1, 0.15) is 22.5 Å². The molecule has 0 saturated heterocycles. The molecule has 1 N–H and O–H groups in total. The van der Waals surface area contributed by atoms with Gasteiger partial charge in [0.2, 0.25) is 0 Å². The number of fused-ring (bicyclic) bond motifs is 1. The number of nitrogens with one attached hydrogen (secondary N) is 1. The van der Waals surface area contributed by atoms with E-state index in [1.54, 1.807) is 0 Å². The Balaban J connectivity index is 1.85. The third-order valence-corrected chi connectivity index (χ3v) is 3.26. The van der Waals surface area contributed by atoms with E-state index in [0.29, 0.717) is 0 Å². The maximum absolute atomic E-state index is 5.74. The summed E-state index contributed by atoms with van der Waals surface area (Å²) in [5.41, 5.74) is 2.66. The Labute approximate surface area is 113 Å². The number of nitrogens with zero attached hydrogens (tertiary/aromatic N) is 2. The zero-order valence-electron chi connectivity index (χ0n) is 9.20. The van der Waals surface area contributed by atoms with Gasteiger partial charge >= 0.3 is 0 Å². The summed E-state index contributed by atoms with van der Waals surface area (Å²) in [6.07, 6.45) is 0. The Hall–Kier alpha value is -1.79. The topological polar surface area (TPSA) is 47.0 Å². The van der Waals surface area contributed by atoms with Crippen LogP contribution in [0.3, 0.4) is 0 Å². The van der Waals surface area contributed by atoms with Crippen molar-refractivity contribution < 1.29 is 4.74 Å². The molecular formula is C12H9N3OS2. The van der Waals surface area contributed by atoms with E-state index in [2.05, 4.69) is 26.3 Å². The number of ether oxygens (including phenoxy) is 1. The average molecular weight is 275 g/mol. The molecule has 18 heavy (non-hydrogen) atoms. The lowest BCUT2D eigenvalue weighted by molar-refractivity contribution is 0.483. The number of thiol groups is 1. The van der Waals surface area contributed by atoms with Crippen LogP contribution >= 0.6 is 24.5 Å². The molecule has 0 spiro atoms. The maximum Gasteiger partial charge on any atom is 0.129 e. The number of aromatic nitrogens is 2. The summed E-state index contributed by atoms with van der Waals surface area (Å²) in [6, 6.07) is 13.2. The van der Waals surface area contributed by atoms with Crippen LogP contribution < -0.4 is 9.46 Å². The lowest BCUT2D eigenvalue weighted by Crippen LogP contribution is -1.85. The van der Waals surface area contributed by atoms with Crippen molar-refractivity contribution in [2.45, 2.75) is 0 Å². The molecule has 0 bridgehead atoms. The van der Waals surface area contributed by atoms with E-state index in [-0.39, 0.29) is 0 Å². The first kappa shape index (κ1) is 11.3. The minimum absolute atomic E-state index is 0.752. The van der Waals surface area contributed by atoms with Gasteiger partial charge in [-0.3, -0.25) is 0 Å². The molecular weight excluding hydrogens is 266 g/mol. The highest BCUT2D eigenvalue weighted by Crippen LogP contribution is 2.25. The van der Waals surface area contributed by atoms with Crippen LogP contribution in [0.15, 0.2) is 42.5 Å². The number of benzene rings is 2. The molecule has 0 radical (unpaired) electrons. The molecule has 0 aliphatic heterocycles. The quantitative estimate of drug-likeness (QED) is 0.715. The highest BCUT2D eigenvalue weighted by Gasteiger charge is 2.02. The van der Waals surface area contributed by atoms with Crippen LogP contribution in [0.4, 0.5) is 5.69 Å². The fourth-order valence-electron chi connectivity index (χ4n) is 1.56. The number of hydrogen-bond acceptors (Lipinski definition) is 6. The first-order chi connectivity index (χ1) is 8.85. The highest BCUT2D eigenvalue weighted by atomic mass is 32.1. The standard InChI is InChI=1S/C12H9N3OS2/c17-13-8-1-3-9(4-2-8)16-10-5-6-11-12(7-10)15-18-14-11/h1-7,13,17H. The second-order valence-corrected chi connectivity index (χ2v) is 4.41. The van der Waals surface area contributed by atoms with E-state index in [1.807, 2.05) is 42.5 Å². The van der Waals surface area contributed by atoms with Crippen molar-refractivity contribution in [3.8, 4) is 11.5 Å². The normalized spacial score (nSPS) is 10.5. The fourth-order valence-corrected chi connectivity index (χ4v) is 2.23. The van der Waals surface area contributed by atoms with Crippen LogP contribution in [0.1, 0.15) is 0 Å². The molecule has 0 atom stereocenters. The SMILES string of the molecule is SNc1ccc(Oc2ccc3nsnc3c2)cc1. The van der Waals surface area contributed by atoms with Gasteiger partial charge in [-0.15, -0.1) is 0 Å². The molecule has 2 aromatic carbocycles. The summed E-state index contributed by atoms with van der Waals surface area (Å²) in [4.78, 5) is 0. The number of hydrogen-bond donors (Lipinski definition) is 2. The van der Waals surface area contributed by atoms with Crippen LogP contribution in [0.5, 0.6) is 11.5 Å². The van der Waals surface area contributed by atoms with Crippen molar-refractivity contribution in [2.75, 3.05) is 4.72 Å². The molecule has 0 amide bonds. The van der Waals surface area contributed by atoms with Gasteiger partial charge in [0, 0.05) is 11.8 Å². The van der Waals surface area contributed by atoms with Gasteiger partial charge in [0.25, 0.3) is 0 Å². The van der Waals surface area contributed by atoms with Crippen molar-refractivity contribution in [3.63, 3.8) is 0 Å². The Kier molecular flexibility index (Phi) is 3.04. The minimum atomic E-state index is 0.752. The number of rotatable bonds is 3. The first-order valence-electron chi connectivity index (χ1n) is 5.25. The molecule has 3 aromatic rings. The second-order valence-electron chi connectivity index (χ2n) is 3.65. The molecule has 1 heterocycles. The smallest absolute Gasteiger partial charge is 0.129 e. The van der Waals surface area contributed by atoms with Crippen LogP contribution in [0.2, 0.25) is 0 Å². The molecule has 0 fully saturated rings. The van der Waals surface area contributed by atoms with E-state index in [9.17, 15) is 0 Å². The predicted molar refractivity (Wildman–Crippen MR) is 76.5 cm³/mol. The number of anilines is 1. The van der Waals surface area contributed by atoms with Gasteiger partial charge in [-0.05, 0) is 36.4 Å². The summed E-state index contributed by atoms with van der Waals surface area (Å²) in [5, 5.41) is 0. The molecule has 3 rings (SSSR count). The van der Waals surface area contributed by atoms with Crippen molar-refractivity contribution in [1.82, 2.24) is 8.75 Å². The van der Waals surface area contributed by atoms with Gasteiger partial charge in [0.05, 0.1) is 11.7 Å². The van der Waals surface area contributed by atoms with Gasteiger partial charge < -0.3 is 9.46 Å². The summed E-state index contributed by atoms with van der Waals surface area (Å²) in [7, 11) is 0. The lowest BCUT2D eigenvalue weighted by atomic mass is 10.3. The third kappa shape index (κ3) is 2.25. The lowest BCUT2D eigenvalue weighted by Gasteiger charge is -2.06. The minimum Gasteiger partial charge on any atom is -0.457 e. The van der Waals surface area contributed by atoms with Crippen LogP contribution in [0, 0.1) is 0 Å². The third-order valence-electron chi connectivity index (χ3n) is 2.44. The molecule has 0 saturated carbocycles. The van der Waals surface area contributed by atoms with Crippen LogP contribution in [0.25, 0.3) is 11.0 Å². The Morgan fingerprint density at radius 2 is 1.67 bits per heavy atom. The Morgan fingerprint density at radius 3 is 2.44 bits per heavy atom. The van der Waals surface area contributed by atoms with E-state index >= 15 is 0 Å². The summed E-state index contributed by atoms with van der Waals surface area (Å²) < 4.78 is 16.8. The van der Waals surface area contributed by atoms with E-state index in [0.717, 1.165) is 28.2 Å². The maximum atomic E-state index is 5.74. The van der Waals surface area contributed by atoms with Crippen LogP contribution in [-0.4, -0.2) is 8.75 Å². The Morgan fingerprint density at radius 1 is 0.944 bits per heavy atom. The monoisotopic (exact) mass is 275 g/mol. The van der Waals surface area contributed by atoms with Crippen molar-refractivity contribution in [3.05, 3.63) is 42.5 Å². The van der Waals surface area contributed by atoms with E-state index < -0.39 is 0 Å². The molecule has 6 heteroatoms. The van der Waals surface area contributed by atoms with Gasteiger partial charge in [0.15, 0.2) is 0 Å². The van der Waals surface area contributed by atoms with Gasteiger partial charge in [-0.25, -0.2) is 0 Å². The molecule has 0 unspecified atom stereocenters. The van der Waals surface area contributed by atoms with Crippen molar-refractivity contribution in [1.29, 1.82) is 0 Å². The molecule has 1 aromatic heterocycles. The van der Waals surface area contributed by atoms with Crippen molar-refractivity contribution in [2.24, 2.45) is 0 Å². The van der Waals surface area contributed by atoms with Gasteiger partial charge in [-0.2, -0.15) is 8.75 Å². The first-order valence-corrected chi connectivity index (χ1v) is 6.43. The zero-order chi connectivity index (χ0) is 12.4. The second kappa shape index (κ2) is 4.83. The predicted octanol–water partition coefficient (Wildman–Crippen LogP) is 3.74. The largest absolute Gasteiger partial charge is 0.457 e. The molecule has 90 valence electrons. The van der Waals surface area contributed by atoms with Gasteiger partial charge in [-0.1, -0.05) is 12.8 Å². The molecule has 0 aliphatic rings. The summed E-state index contributed by atoms with van der Waals surface area (Å²) in [5.74, 6) is 1.52. The van der Waals surface area contributed by atoms with E-state index in [4.69, 9.17) is 4.74 Å². The van der Waals surface area contributed by atoms with Crippen molar-refractivity contribution >= 4 is 41.3 Å². The van der Waals surface area contributed by atoms with Crippen LogP contribution in [-0.2, 0) is 0 Å².